The lowest BCUT2D eigenvalue weighted by Gasteiger charge is -2.04. The summed E-state index contributed by atoms with van der Waals surface area (Å²) in [5.41, 5.74) is 1.20. The number of hydrogen-bond acceptors (Lipinski definition) is 2. The Kier molecular flexibility index (Phi) is 5.26. The molecule has 0 fully saturated rings. The number of amides is 1. The molecule has 1 rings (SSSR count). The molecule has 0 saturated carbocycles. The van der Waals surface area contributed by atoms with Crippen LogP contribution in [0.15, 0.2) is 30.3 Å². The molecule has 0 radical (unpaired) electrons. The number of rotatable bonds is 6. The smallest absolute Gasteiger partial charge is 0.220 e. The van der Waals surface area contributed by atoms with Crippen molar-refractivity contribution in [1.82, 2.24) is 5.32 Å². The normalized spacial score (nSPS) is 9.81. The molecule has 0 aliphatic rings. The molecule has 0 unspecified atom stereocenters. The van der Waals surface area contributed by atoms with E-state index in [-0.39, 0.29) is 11.7 Å². The lowest BCUT2D eigenvalue weighted by Crippen LogP contribution is -2.25. The Bertz CT molecular complexity index is 346. The second-order valence-corrected chi connectivity index (χ2v) is 3.79. The zero-order chi connectivity index (χ0) is 11.8. The van der Waals surface area contributed by atoms with Crippen LogP contribution in [0.25, 0.3) is 0 Å². The highest BCUT2D eigenvalue weighted by Gasteiger charge is 2.02. The predicted octanol–water partition coefficient (Wildman–Crippen LogP) is 1.71. The minimum atomic E-state index is -0.0499. The molecule has 16 heavy (non-hydrogen) atoms. The fourth-order valence-electron chi connectivity index (χ4n) is 1.37. The van der Waals surface area contributed by atoms with Crippen molar-refractivity contribution in [3.63, 3.8) is 0 Å². The van der Waals surface area contributed by atoms with Crippen LogP contribution < -0.4 is 5.32 Å². The Morgan fingerprint density at radius 2 is 1.81 bits per heavy atom. The first-order chi connectivity index (χ1) is 7.68. The van der Waals surface area contributed by atoms with Gasteiger partial charge in [0.05, 0.1) is 0 Å². The van der Waals surface area contributed by atoms with Crippen LogP contribution in [0.2, 0.25) is 0 Å². The van der Waals surface area contributed by atoms with E-state index in [4.69, 9.17) is 0 Å². The second kappa shape index (κ2) is 6.77. The summed E-state index contributed by atoms with van der Waals surface area (Å²) in [5, 5.41) is 2.80. The first-order valence-corrected chi connectivity index (χ1v) is 5.48. The third-order valence-electron chi connectivity index (χ3n) is 2.28. The topological polar surface area (TPSA) is 46.2 Å². The first kappa shape index (κ1) is 12.4. The Labute approximate surface area is 95.9 Å². The molecule has 0 bridgehead atoms. The van der Waals surface area contributed by atoms with Crippen molar-refractivity contribution < 1.29 is 9.59 Å². The van der Waals surface area contributed by atoms with Gasteiger partial charge in [0.1, 0.15) is 5.78 Å². The van der Waals surface area contributed by atoms with Gasteiger partial charge in [0.15, 0.2) is 0 Å². The molecule has 1 aromatic rings. The van der Waals surface area contributed by atoms with Gasteiger partial charge in [-0.1, -0.05) is 30.3 Å². The molecule has 1 amide bonds. The molecule has 1 aromatic carbocycles. The number of carbonyl (C=O) groups excluding carboxylic acids is 2. The van der Waals surface area contributed by atoms with E-state index in [1.165, 1.54) is 12.5 Å². The van der Waals surface area contributed by atoms with Crippen molar-refractivity contribution in [2.75, 3.05) is 6.54 Å². The molecule has 1 N–H and O–H groups in total. The van der Waals surface area contributed by atoms with Gasteiger partial charge in [-0.2, -0.15) is 0 Å². The third kappa shape index (κ3) is 5.29. The second-order valence-electron chi connectivity index (χ2n) is 3.79. The maximum Gasteiger partial charge on any atom is 0.220 e. The summed E-state index contributed by atoms with van der Waals surface area (Å²) in [6.45, 7) is 2.12. The van der Waals surface area contributed by atoms with Gasteiger partial charge in [-0.05, 0) is 18.9 Å². The van der Waals surface area contributed by atoms with Crippen LogP contribution in [0.5, 0.6) is 0 Å². The summed E-state index contributed by atoms with van der Waals surface area (Å²) in [6, 6.07) is 9.98. The maximum absolute atomic E-state index is 11.3. The van der Waals surface area contributed by atoms with Crippen LogP contribution in [0, 0.1) is 0 Å². The van der Waals surface area contributed by atoms with Gasteiger partial charge < -0.3 is 10.1 Å². The lowest BCUT2D eigenvalue weighted by atomic mass is 10.1. The monoisotopic (exact) mass is 219 g/mol. The fraction of sp³-hybridized carbons (Fsp3) is 0.385. The predicted molar refractivity (Wildman–Crippen MR) is 63.1 cm³/mol. The number of hydrogen-bond donors (Lipinski definition) is 1. The number of nitrogens with one attached hydrogen (secondary N) is 1. The molecular weight excluding hydrogens is 202 g/mol. The van der Waals surface area contributed by atoms with Crippen molar-refractivity contribution in [3.05, 3.63) is 35.9 Å². The number of benzene rings is 1. The highest BCUT2D eigenvalue weighted by molar-refractivity contribution is 5.83. The van der Waals surface area contributed by atoms with Crippen LogP contribution in [-0.2, 0) is 16.0 Å². The zero-order valence-electron chi connectivity index (χ0n) is 9.53. The molecule has 3 nitrogen and oxygen atoms in total. The van der Waals surface area contributed by atoms with Crippen LogP contribution in [0.3, 0.4) is 0 Å². The van der Waals surface area contributed by atoms with Gasteiger partial charge in [-0.3, -0.25) is 4.79 Å². The highest BCUT2D eigenvalue weighted by atomic mass is 16.2. The largest absolute Gasteiger partial charge is 0.356 e. The molecule has 0 aromatic heterocycles. The van der Waals surface area contributed by atoms with Crippen LogP contribution in [0.1, 0.15) is 25.3 Å². The van der Waals surface area contributed by atoms with Gasteiger partial charge in [-0.15, -0.1) is 0 Å². The van der Waals surface area contributed by atoms with Crippen LogP contribution in [-0.4, -0.2) is 18.2 Å². The highest BCUT2D eigenvalue weighted by Crippen LogP contribution is 1.98. The third-order valence-corrected chi connectivity index (χ3v) is 2.28. The Hall–Kier alpha value is -1.64. The summed E-state index contributed by atoms with van der Waals surface area (Å²) in [6.07, 6.45) is 1.45. The van der Waals surface area contributed by atoms with Crippen molar-refractivity contribution in [2.45, 2.75) is 26.2 Å². The summed E-state index contributed by atoms with van der Waals surface area (Å²) in [5.74, 6) is 0.00402. The molecule has 86 valence electrons. The molecule has 0 aliphatic carbocycles. The van der Waals surface area contributed by atoms with E-state index < -0.39 is 0 Å². The van der Waals surface area contributed by atoms with Crippen LogP contribution in [0.4, 0.5) is 0 Å². The molecule has 0 spiro atoms. The van der Waals surface area contributed by atoms with Gasteiger partial charge in [-0.25, -0.2) is 0 Å². The molecule has 0 atom stereocenters. The molecule has 0 aliphatic heterocycles. The molecule has 0 heterocycles. The van der Waals surface area contributed by atoms with E-state index in [0.717, 1.165) is 6.42 Å². The summed E-state index contributed by atoms with van der Waals surface area (Å²) < 4.78 is 0. The standard InChI is InChI=1S/C13H17NO2/c1-11(15)7-8-13(16)14-10-9-12-5-3-2-4-6-12/h2-6H,7-10H2,1H3,(H,14,16). The molecule has 0 saturated heterocycles. The Balaban J connectivity index is 2.16. The van der Waals surface area contributed by atoms with E-state index in [2.05, 4.69) is 5.32 Å². The number of Topliss-reactive ketones (excluding diaryl/α,β-unsaturated/α-hetero) is 1. The van der Waals surface area contributed by atoms with Gasteiger partial charge >= 0.3 is 0 Å². The summed E-state index contributed by atoms with van der Waals surface area (Å²) in [4.78, 5) is 21.9. The van der Waals surface area contributed by atoms with E-state index in [9.17, 15) is 9.59 Å². The average Bonchev–Trinajstić information content (AvgIpc) is 2.28. The first-order valence-electron chi connectivity index (χ1n) is 5.48. The average molecular weight is 219 g/mol. The van der Waals surface area contributed by atoms with Gasteiger partial charge in [0.2, 0.25) is 5.91 Å². The van der Waals surface area contributed by atoms with Crippen molar-refractivity contribution >= 4 is 11.7 Å². The van der Waals surface area contributed by atoms with Crippen molar-refractivity contribution in [3.8, 4) is 0 Å². The Morgan fingerprint density at radius 3 is 2.44 bits per heavy atom. The maximum atomic E-state index is 11.3. The number of carbonyl (C=O) groups is 2. The lowest BCUT2D eigenvalue weighted by molar-refractivity contribution is -0.124. The van der Waals surface area contributed by atoms with Crippen LogP contribution >= 0.6 is 0 Å². The zero-order valence-corrected chi connectivity index (χ0v) is 9.53. The SMILES string of the molecule is CC(=O)CCC(=O)NCCc1ccccc1. The minimum absolute atomic E-state index is 0.0499. The quantitative estimate of drug-likeness (QED) is 0.791. The Morgan fingerprint density at radius 1 is 1.12 bits per heavy atom. The minimum Gasteiger partial charge on any atom is -0.356 e. The molecular formula is C13H17NO2. The fourth-order valence-corrected chi connectivity index (χ4v) is 1.37. The van der Waals surface area contributed by atoms with E-state index in [1.54, 1.807) is 0 Å². The van der Waals surface area contributed by atoms with E-state index in [0.29, 0.717) is 19.4 Å². The van der Waals surface area contributed by atoms with Gasteiger partial charge in [0, 0.05) is 19.4 Å². The van der Waals surface area contributed by atoms with Gasteiger partial charge in [0.25, 0.3) is 0 Å². The summed E-state index contributed by atoms with van der Waals surface area (Å²) in [7, 11) is 0. The van der Waals surface area contributed by atoms with Crippen molar-refractivity contribution in [2.24, 2.45) is 0 Å². The summed E-state index contributed by atoms with van der Waals surface area (Å²) >= 11 is 0. The van der Waals surface area contributed by atoms with Crippen molar-refractivity contribution in [1.29, 1.82) is 0 Å². The number of ketones is 1. The van der Waals surface area contributed by atoms with E-state index in [1.807, 2.05) is 30.3 Å². The van der Waals surface area contributed by atoms with E-state index >= 15 is 0 Å². The molecule has 3 heteroatoms.